The van der Waals surface area contributed by atoms with Gasteiger partial charge in [0, 0.05) is 17.7 Å². The second kappa shape index (κ2) is 2.42. The molecule has 0 aliphatic rings. The highest BCUT2D eigenvalue weighted by Gasteiger charge is 2.21. The number of aliphatic hydroxyl groups excluding tert-OH is 1. The number of hydrogen-bond acceptors (Lipinski definition) is 2. The first-order chi connectivity index (χ1) is 4.67. The van der Waals surface area contributed by atoms with E-state index in [1.165, 1.54) is 0 Å². The van der Waals surface area contributed by atoms with Gasteiger partial charge in [0.05, 0.1) is 12.3 Å². The highest BCUT2D eigenvalue weighted by Crippen LogP contribution is 2.18. The molecule has 0 aliphatic carbocycles. The molecular weight excluding hydrogens is 128 g/mol. The van der Waals surface area contributed by atoms with Gasteiger partial charge in [-0.15, -0.1) is 0 Å². The van der Waals surface area contributed by atoms with Crippen molar-refractivity contribution in [1.82, 2.24) is 10.2 Å². The van der Waals surface area contributed by atoms with Crippen LogP contribution in [-0.2, 0) is 5.41 Å². The molecule has 1 rings (SSSR count). The van der Waals surface area contributed by atoms with Gasteiger partial charge in [-0.25, -0.2) is 0 Å². The van der Waals surface area contributed by atoms with Crippen LogP contribution in [0.4, 0.5) is 0 Å². The van der Waals surface area contributed by atoms with E-state index in [-0.39, 0.29) is 12.0 Å². The number of hydrogen-bond donors (Lipinski definition) is 2. The van der Waals surface area contributed by atoms with Gasteiger partial charge in [0.2, 0.25) is 0 Å². The number of aromatic amines is 1. The van der Waals surface area contributed by atoms with Crippen LogP contribution in [0, 0.1) is 6.07 Å². The average Bonchev–Trinajstić information content (AvgIpc) is 2.38. The zero-order valence-electron chi connectivity index (χ0n) is 6.18. The molecule has 10 heavy (non-hydrogen) atoms. The van der Waals surface area contributed by atoms with Crippen LogP contribution >= 0.6 is 0 Å². The summed E-state index contributed by atoms with van der Waals surface area (Å²) in [5.74, 6) is 0. The fraction of sp³-hybridized carbons (Fsp3) is 0.571. The van der Waals surface area contributed by atoms with E-state index >= 15 is 0 Å². The van der Waals surface area contributed by atoms with Gasteiger partial charge >= 0.3 is 0 Å². The smallest absolute Gasteiger partial charge is 0.0780 e. The molecule has 0 aromatic carbocycles. The molecule has 0 unspecified atom stereocenters. The van der Waals surface area contributed by atoms with Crippen LogP contribution in [0.1, 0.15) is 19.5 Å². The summed E-state index contributed by atoms with van der Waals surface area (Å²) in [5.41, 5.74) is 0.495. The Morgan fingerprint density at radius 1 is 1.80 bits per heavy atom. The molecule has 2 N–H and O–H groups in total. The summed E-state index contributed by atoms with van der Waals surface area (Å²) in [6.45, 7) is 3.92. The Labute approximate surface area is 60.1 Å². The highest BCUT2D eigenvalue weighted by molar-refractivity contribution is 5.09. The van der Waals surface area contributed by atoms with Crippen molar-refractivity contribution in [3.05, 3.63) is 18.0 Å². The quantitative estimate of drug-likeness (QED) is 0.626. The summed E-state index contributed by atoms with van der Waals surface area (Å²) in [7, 11) is 0. The van der Waals surface area contributed by atoms with E-state index in [0.29, 0.717) is 0 Å². The van der Waals surface area contributed by atoms with Gasteiger partial charge in [0.15, 0.2) is 0 Å². The van der Waals surface area contributed by atoms with Crippen molar-refractivity contribution < 1.29 is 5.11 Å². The van der Waals surface area contributed by atoms with E-state index in [2.05, 4.69) is 16.3 Å². The third-order valence-electron chi connectivity index (χ3n) is 1.49. The fourth-order valence-electron chi connectivity index (χ4n) is 0.651. The molecule has 0 amide bonds. The van der Waals surface area contributed by atoms with E-state index in [1.807, 2.05) is 13.8 Å². The third kappa shape index (κ3) is 1.19. The van der Waals surface area contributed by atoms with Gasteiger partial charge in [-0.1, -0.05) is 13.8 Å². The van der Waals surface area contributed by atoms with Crippen molar-refractivity contribution in [2.24, 2.45) is 0 Å². The van der Waals surface area contributed by atoms with Gasteiger partial charge in [-0.3, -0.25) is 5.10 Å². The first kappa shape index (κ1) is 7.28. The maximum absolute atomic E-state index is 8.89. The van der Waals surface area contributed by atoms with E-state index in [0.717, 1.165) is 5.69 Å². The van der Waals surface area contributed by atoms with E-state index in [9.17, 15) is 0 Å². The van der Waals surface area contributed by atoms with Crippen molar-refractivity contribution >= 4 is 0 Å². The molecule has 0 spiro atoms. The average molecular weight is 139 g/mol. The Kier molecular flexibility index (Phi) is 1.76. The Balaban J connectivity index is 2.85. The zero-order valence-corrected chi connectivity index (χ0v) is 6.18. The normalized spacial score (nSPS) is 11.9. The second-order valence-corrected chi connectivity index (χ2v) is 2.92. The van der Waals surface area contributed by atoms with Gasteiger partial charge in [-0.05, 0) is 0 Å². The summed E-state index contributed by atoms with van der Waals surface area (Å²) >= 11 is 0. The summed E-state index contributed by atoms with van der Waals surface area (Å²) in [6.07, 6.45) is 1.63. The van der Waals surface area contributed by atoms with Crippen LogP contribution in [0.2, 0.25) is 0 Å². The number of aromatic nitrogens is 2. The molecule has 1 aromatic rings. The van der Waals surface area contributed by atoms with Gasteiger partial charge in [0.25, 0.3) is 0 Å². The largest absolute Gasteiger partial charge is 0.395 e. The minimum absolute atomic E-state index is 0.0916. The first-order valence-corrected chi connectivity index (χ1v) is 3.19. The predicted octanol–water partition coefficient (Wildman–Crippen LogP) is 0.480. The van der Waals surface area contributed by atoms with Crippen LogP contribution in [0.5, 0.6) is 0 Å². The maximum Gasteiger partial charge on any atom is 0.0780 e. The minimum Gasteiger partial charge on any atom is -0.395 e. The van der Waals surface area contributed by atoms with Crippen molar-refractivity contribution in [3.8, 4) is 0 Å². The molecule has 0 fully saturated rings. The molecule has 0 bridgehead atoms. The van der Waals surface area contributed by atoms with Crippen LogP contribution < -0.4 is 0 Å². The lowest BCUT2D eigenvalue weighted by Gasteiger charge is -2.17. The molecule has 0 atom stereocenters. The Hall–Kier alpha value is -0.830. The van der Waals surface area contributed by atoms with Crippen molar-refractivity contribution in [3.63, 3.8) is 0 Å². The molecule has 1 radical (unpaired) electrons. The van der Waals surface area contributed by atoms with Gasteiger partial charge in [-0.2, -0.15) is 5.10 Å². The summed E-state index contributed by atoms with van der Waals surface area (Å²) in [5, 5.41) is 15.5. The molecule has 3 heteroatoms. The lowest BCUT2D eigenvalue weighted by molar-refractivity contribution is 0.215. The number of rotatable bonds is 2. The minimum atomic E-state index is -0.278. The van der Waals surface area contributed by atoms with Crippen LogP contribution in [0.3, 0.4) is 0 Å². The van der Waals surface area contributed by atoms with Crippen LogP contribution in [0.25, 0.3) is 0 Å². The number of nitrogens with one attached hydrogen (secondary N) is 1. The number of nitrogens with zero attached hydrogens (tertiary/aromatic N) is 1. The molecule has 0 aliphatic heterocycles. The van der Waals surface area contributed by atoms with Crippen molar-refractivity contribution in [2.75, 3.05) is 6.61 Å². The maximum atomic E-state index is 8.89. The Morgan fingerprint density at radius 3 is 2.90 bits per heavy atom. The molecule has 0 saturated carbocycles. The fourth-order valence-corrected chi connectivity index (χ4v) is 0.651. The van der Waals surface area contributed by atoms with Gasteiger partial charge < -0.3 is 5.11 Å². The monoisotopic (exact) mass is 139 g/mol. The Bertz CT molecular complexity index is 191. The molecular formula is C7H11N2O. The number of H-pyrrole nitrogens is 1. The topological polar surface area (TPSA) is 48.9 Å². The molecule has 1 heterocycles. The standard InChI is InChI=1S/C7H11N2O/c1-7(2,5-10)6-3-4-8-9-6/h4,10H,5H2,1-2H3,(H,8,9). The second-order valence-electron chi connectivity index (χ2n) is 2.92. The molecule has 3 nitrogen and oxygen atoms in total. The highest BCUT2D eigenvalue weighted by atomic mass is 16.3. The van der Waals surface area contributed by atoms with Crippen molar-refractivity contribution in [2.45, 2.75) is 19.3 Å². The lowest BCUT2D eigenvalue weighted by Crippen LogP contribution is -2.22. The van der Waals surface area contributed by atoms with Gasteiger partial charge in [0.1, 0.15) is 0 Å². The third-order valence-corrected chi connectivity index (χ3v) is 1.49. The van der Waals surface area contributed by atoms with E-state index in [1.54, 1.807) is 6.20 Å². The predicted molar refractivity (Wildman–Crippen MR) is 37.5 cm³/mol. The molecule has 55 valence electrons. The molecule has 1 aromatic heterocycles. The first-order valence-electron chi connectivity index (χ1n) is 3.19. The lowest BCUT2D eigenvalue weighted by atomic mass is 9.91. The van der Waals surface area contributed by atoms with Crippen LogP contribution in [-0.4, -0.2) is 21.9 Å². The summed E-state index contributed by atoms with van der Waals surface area (Å²) < 4.78 is 0. The molecule has 0 saturated heterocycles. The van der Waals surface area contributed by atoms with E-state index < -0.39 is 0 Å². The zero-order chi connectivity index (χ0) is 7.61. The summed E-state index contributed by atoms with van der Waals surface area (Å²) in [6, 6.07) is 2.90. The van der Waals surface area contributed by atoms with Crippen LogP contribution in [0.15, 0.2) is 6.20 Å². The summed E-state index contributed by atoms with van der Waals surface area (Å²) in [4.78, 5) is 0. The van der Waals surface area contributed by atoms with Crippen molar-refractivity contribution in [1.29, 1.82) is 0 Å². The number of aliphatic hydroxyl groups is 1. The SMILES string of the molecule is CC(C)(CO)c1[c]c[nH]n1. The van der Waals surface area contributed by atoms with E-state index in [4.69, 9.17) is 5.11 Å². The Morgan fingerprint density at radius 2 is 2.50 bits per heavy atom.